The van der Waals surface area contributed by atoms with E-state index in [0.717, 1.165) is 35.7 Å². The van der Waals surface area contributed by atoms with Crippen molar-refractivity contribution in [1.29, 1.82) is 0 Å². The van der Waals surface area contributed by atoms with Crippen LogP contribution in [-0.2, 0) is 27.3 Å². The SMILES string of the molecule is CN=C(NCCc1cc(F)cc2c1OCOC2)N1CCN(C(=O)C2CCCO2)CC1. The molecule has 0 bridgehead atoms. The van der Waals surface area contributed by atoms with Crippen molar-refractivity contribution in [2.24, 2.45) is 4.99 Å². The van der Waals surface area contributed by atoms with Crippen molar-refractivity contribution in [2.45, 2.75) is 32.0 Å². The van der Waals surface area contributed by atoms with Crippen molar-refractivity contribution in [1.82, 2.24) is 15.1 Å². The van der Waals surface area contributed by atoms with Crippen molar-refractivity contribution in [3.8, 4) is 5.75 Å². The lowest BCUT2D eigenvalue weighted by atomic mass is 10.1. The number of nitrogens with zero attached hydrogens (tertiary/aromatic N) is 3. The van der Waals surface area contributed by atoms with Crippen molar-refractivity contribution < 1.29 is 23.4 Å². The number of fused-ring (bicyclic) bond motifs is 1. The minimum absolute atomic E-state index is 0.106. The van der Waals surface area contributed by atoms with Crippen LogP contribution in [0.5, 0.6) is 5.75 Å². The van der Waals surface area contributed by atoms with Gasteiger partial charge in [0.2, 0.25) is 0 Å². The first kappa shape index (κ1) is 20.9. The minimum Gasteiger partial charge on any atom is -0.467 e. The number of hydrogen-bond acceptors (Lipinski definition) is 5. The fourth-order valence-corrected chi connectivity index (χ4v) is 4.20. The molecule has 1 aromatic rings. The first-order valence-corrected chi connectivity index (χ1v) is 10.5. The van der Waals surface area contributed by atoms with Crippen LogP contribution < -0.4 is 10.1 Å². The minimum atomic E-state index is -0.283. The number of aliphatic imine (C=N–C) groups is 1. The molecule has 4 rings (SSSR count). The Kier molecular flexibility index (Phi) is 6.69. The Morgan fingerprint density at radius 2 is 2.07 bits per heavy atom. The van der Waals surface area contributed by atoms with Crippen LogP contribution in [0.15, 0.2) is 17.1 Å². The van der Waals surface area contributed by atoms with Crippen LogP contribution in [0.4, 0.5) is 4.39 Å². The number of carbonyl (C=O) groups excluding carboxylic acids is 1. The summed E-state index contributed by atoms with van der Waals surface area (Å²) in [4.78, 5) is 20.9. The van der Waals surface area contributed by atoms with E-state index in [1.165, 1.54) is 12.1 Å². The highest BCUT2D eigenvalue weighted by Crippen LogP contribution is 2.29. The summed E-state index contributed by atoms with van der Waals surface area (Å²) in [5.41, 5.74) is 1.57. The lowest BCUT2D eigenvalue weighted by Crippen LogP contribution is -2.55. The summed E-state index contributed by atoms with van der Waals surface area (Å²) in [6.07, 6.45) is 2.12. The molecule has 0 radical (unpaired) electrons. The quantitative estimate of drug-likeness (QED) is 0.582. The number of piperazine rings is 1. The number of ether oxygens (including phenoxy) is 3. The van der Waals surface area contributed by atoms with Gasteiger partial charge >= 0.3 is 0 Å². The molecule has 9 heteroatoms. The van der Waals surface area contributed by atoms with Gasteiger partial charge in [-0.15, -0.1) is 0 Å². The second-order valence-electron chi connectivity index (χ2n) is 7.70. The van der Waals surface area contributed by atoms with Gasteiger partial charge in [0, 0.05) is 51.9 Å². The highest BCUT2D eigenvalue weighted by atomic mass is 19.1. The molecule has 1 atom stereocenters. The zero-order chi connectivity index (χ0) is 20.9. The Hall–Kier alpha value is -2.39. The zero-order valence-corrected chi connectivity index (χ0v) is 17.4. The predicted molar refractivity (Wildman–Crippen MR) is 109 cm³/mol. The Morgan fingerprint density at radius 1 is 1.27 bits per heavy atom. The van der Waals surface area contributed by atoms with E-state index in [9.17, 15) is 9.18 Å². The van der Waals surface area contributed by atoms with Gasteiger partial charge in [0.25, 0.3) is 5.91 Å². The maximum absolute atomic E-state index is 13.9. The molecule has 3 aliphatic heterocycles. The standard InChI is InChI=1S/C21H29FN4O4/c1-23-21(26-8-6-25(7-9-26)20(27)18-3-2-10-29-18)24-5-4-15-11-17(22)12-16-13-28-14-30-19(15)16/h11-12,18H,2-10,13-14H2,1H3,(H,23,24). The first-order chi connectivity index (χ1) is 14.7. The predicted octanol–water partition coefficient (Wildman–Crippen LogP) is 1.13. The Morgan fingerprint density at radius 3 is 2.80 bits per heavy atom. The molecular formula is C21H29FN4O4. The second-order valence-corrected chi connectivity index (χ2v) is 7.70. The number of halogens is 1. The number of guanidine groups is 1. The molecule has 8 nitrogen and oxygen atoms in total. The maximum atomic E-state index is 13.9. The highest BCUT2D eigenvalue weighted by Gasteiger charge is 2.30. The number of nitrogens with one attached hydrogen (secondary N) is 1. The second kappa shape index (κ2) is 9.61. The summed E-state index contributed by atoms with van der Waals surface area (Å²) in [7, 11) is 1.75. The van der Waals surface area contributed by atoms with Crippen molar-refractivity contribution in [3.63, 3.8) is 0 Å². The largest absolute Gasteiger partial charge is 0.467 e. The monoisotopic (exact) mass is 420 g/mol. The van der Waals surface area contributed by atoms with Gasteiger partial charge in [0.1, 0.15) is 17.7 Å². The molecule has 3 heterocycles. The number of hydrogen-bond donors (Lipinski definition) is 1. The van der Waals surface area contributed by atoms with E-state index in [4.69, 9.17) is 14.2 Å². The number of amides is 1. The normalized spacial score (nSPS) is 21.9. The van der Waals surface area contributed by atoms with Gasteiger partial charge in [0.05, 0.1) is 6.61 Å². The molecule has 164 valence electrons. The third-order valence-corrected chi connectivity index (χ3v) is 5.74. The summed E-state index contributed by atoms with van der Waals surface area (Å²) < 4.78 is 30.2. The zero-order valence-electron chi connectivity index (χ0n) is 17.4. The molecule has 2 fully saturated rings. The van der Waals surface area contributed by atoms with E-state index >= 15 is 0 Å². The summed E-state index contributed by atoms with van der Waals surface area (Å²) in [6.45, 7) is 4.58. The molecule has 2 saturated heterocycles. The molecule has 0 aromatic heterocycles. The third kappa shape index (κ3) is 4.67. The topological polar surface area (TPSA) is 75.6 Å². The molecule has 1 unspecified atom stereocenters. The van der Waals surface area contributed by atoms with Gasteiger partial charge in [-0.1, -0.05) is 0 Å². The van der Waals surface area contributed by atoms with Crippen LogP contribution in [0.25, 0.3) is 0 Å². The summed E-state index contributed by atoms with van der Waals surface area (Å²) >= 11 is 0. The van der Waals surface area contributed by atoms with Gasteiger partial charge < -0.3 is 29.3 Å². The molecule has 3 aliphatic rings. The van der Waals surface area contributed by atoms with Crippen LogP contribution in [0, 0.1) is 5.82 Å². The van der Waals surface area contributed by atoms with E-state index < -0.39 is 0 Å². The van der Waals surface area contributed by atoms with E-state index in [0.29, 0.717) is 52.4 Å². The van der Waals surface area contributed by atoms with E-state index in [2.05, 4.69) is 15.2 Å². The average molecular weight is 420 g/mol. The molecule has 0 saturated carbocycles. The Bertz CT molecular complexity index is 789. The van der Waals surface area contributed by atoms with Crippen molar-refractivity contribution in [3.05, 3.63) is 29.1 Å². The lowest BCUT2D eigenvalue weighted by Gasteiger charge is -2.37. The van der Waals surface area contributed by atoms with Gasteiger partial charge in [-0.25, -0.2) is 4.39 Å². The van der Waals surface area contributed by atoms with Crippen molar-refractivity contribution in [2.75, 3.05) is 53.2 Å². The lowest BCUT2D eigenvalue weighted by molar-refractivity contribution is -0.142. The van der Waals surface area contributed by atoms with Gasteiger partial charge in [0.15, 0.2) is 12.8 Å². The molecular weight excluding hydrogens is 391 g/mol. The van der Waals surface area contributed by atoms with Crippen LogP contribution in [0.1, 0.15) is 24.0 Å². The van der Waals surface area contributed by atoms with Gasteiger partial charge in [-0.2, -0.15) is 0 Å². The van der Waals surface area contributed by atoms with Gasteiger partial charge in [-0.05, 0) is 37.0 Å². The molecule has 0 spiro atoms. The van der Waals surface area contributed by atoms with E-state index in [1.54, 1.807) is 7.05 Å². The average Bonchev–Trinajstić information content (AvgIpc) is 3.31. The summed E-state index contributed by atoms with van der Waals surface area (Å²) in [5, 5.41) is 3.35. The number of benzene rings is 1. The summed E-state index contributed by atoms with van der Waals surface area (Å²) in [6, 6.07) is 2.98. The van der Waals surface area contributed by atoms with Crippen LogP contribution in [-0.4, -0.2) is 80.9 Å². The molecule has 1 amide bonds. The highest BCUT2D eigenvalue weighted by molar-refractivity contribution is 5.82. The molecule has 0 aliphatic carbocycles. The third-order valence-electron chi connectivity index (χ3n) is 5.74. The van der Waals surface area contributed by atoms with Crippen LogP contribution in [0.2, 0.25) is 0 Å². The van der Waals surface area contributed by atoms with Crippen LogP contribution >= 0.6 is 0 Å². The number of carbonyl (C=O) groups is 1. The van der Waals surface area contributed by atoms with E-state index in [1.807, 2.05) is 4.90 Å². The van der Waals surface area contributed by atoms with Crippen LogP contribution in [0.3, 0.4) is 0 Å². The molecule has 1 aromatic carbocycles. The Labute approximate surface area is 176 Å². The van der Waals surface area contributed by atoms with Crippen molar-refractivity contribution >= 4 is 11.9 Å². The van der Waals surface area contributed by atoms with E-state index in [-0.39, 0.29) is 24.6 Å². The Balaban J connectivity index is 1.28. The maximum Gasteiger partial charge on any atom is 0.251 e. The van der Waals surface area contributed by atoms with Gasteiger partial charge in [-0.3, -0.25) is 9.79 Å². The molecule has 30 heavy (non-hydrogen) atoms. The number of rotatable bonds is 4. The first-order valence-electron chi connectivity index (χ1n) is 10.5. The fraction of sp³-hybridized carbons (Fsp3) is 0.619. The smallest absolute Gasteiger partial charge is 0.251 e. The fourth-order valence-electron chi connectivity index (χ4n) is 4.20. The molecule has 1 N–H and O–H groups in total. The summed E-state index contributed by atoms with van der Waals surface area (Å²) in [5.74, 6) is 1.33.